The second-order valence-electron chi connectivity index (χ2n) is 12.9. The summed E-state index contributed by atoms with van der Waals surface area (Å²) in [6, 6.07) is 19.4. The van der Waals surface area contributed by atoms with Gasteiger partial charge in [-0.25, -0.2) is 4.39 Å². The van der Waals surface area contributed by atoms with Crippen molar-refractivity contribution in [2.75, 3.05) is 19.6 Å². The summed E-state index contributed by atoms with van der Waals surface area (Å²) in [5.41, 5.74) is 4.82. The number of nitrogens with one attached hydrogen (secondary N) is 1. The number of carboxylic acids is 1. The minimum Gasteiger partial charge on any atom is -0.480 e. The average Bonchev–Trinajstić information content (AvgIpc) is 3.57. The lowest BCUT2D eigenvalue weighted by Crippen LogP contribution is -2.43. The lowest BCUT2D eigenvalue weighted by atomic mass is 9.87. The highest BCUT2D eigenvalue weighted by Gasteiger charge is 2.38. The molecule has 1 saturated heterocycles. The van der Waals surface area contributed by atoms with Gasteiger partial charge in [-0.3, -0.25) is 9.48 Å². The number of aromatic nitrogens is 2. The van der Waals surface area contributed by atoms with Crippen molar-refractivity contribution >= 4 is 5.97 Å². The molecule has 0 bridgehead atoms. The average molecular weight is 575 g/mol. The van der Waals surface area contributed by atoms with Gasteiger partial charge in [0.1, 0.15) is 11.9 Å². The van der Waals surface area contributed by atoms with Crippen LogP contribution in [0.4, 0.5) is 4.39 Å². The van der Waals surface area contributed by atoms with Gasteiger partial charge in [0.2, 0.25) is 0 Å². The number of hydrogen-bond donors (Lipinski definition) is 2. The van der Waals surface area contributed by atoms with Gasteiger partial charge in [0.15, 0.2) is 0 Å². The van der Waals surface area contributed by atoms with Gasteiger partial charge in [-0.1, -0.05) is 56.3 Å². The van der Waals surface area contributed by atoms with E-state index in [2.05, 4.69) is 72.1 Å². The van der Waals surface area contributed by atoms with Crippen molar-refractivity contribution in [2.24, 2.45) is 11.8 Å². The van der Waals surface area contributed by atoms with Crippen molar-refractivity contribution < 1.29 is 14.3 Å². The number of aryl methyl sites for hydroxylation is 1. The molecule has 1 aliphatic heterocycles. The van der Waals surface area contributed by atoms with Crippen LogP contribution in [0, 0.1) is 17.7 Å². The molecule has 3 unspecified atom stereocenters. The highest BCUT2D eigenvalue weighted by molar-refractivity contribution is 5.73. The Labute approximate surface area is 250 Å². The van der Waals surface area contributed by atoms with Crippen LogP contribution in [0.3, 0.4) is 0 Å². The van der Waals surface area contributed by atoms with Crippen molar-refractivity contribution in [2.45, 2.75) is 89.8 Å². The molecule has 1 aromatic heterocycles. The maximum atomic E-state index is 14.2. The number of carbonyl (C=O) groups is 1. The van der Waals surface area contributed by atoms with E-state index in [4.69, 9.17) is 5.10 Å². The Hall–Kier alpha value is -3.03. The summed E-state index contributed by atoms with van der Waals surface area (Å²) in [7, 11) is 0. The van der Waals surface area contributed by atoms with Crippen LogP contribution in [-0.4, -0.2) is 57.5 Å². The fourth-order valence-corrected chi connectivity index (χ4v) is 7.31. The molecule has 2 aliphatic rings. The van der Waals surface area contributed by atoms with Gasteiger partial charge in [-0.05, 0) is 99.2 Å². The number of hydrogen-bond acceptors (Lipinski definition) is 4. The Bertz CT molecular complexity index is 1300. The minimum absolute atomic E-state index is 0.114. The monoisotopic (exact) mass is 574 g/mol. The van der Waals surface area contributed by atoms with Gasteiger partial charge in [-0.15, -0.1) is 0 Å². The van der Waals surface area contributed by atoms with Crippen LogP contribution in [0.25, 0.3) is 0 Å². The van der Waals surface area contributed by atoms with E-state index >= 15 is 0 Å². The molecule has 7 heteroatoms. The molecular weight excluding hydrogens is 527 g/mol. The molecule has 4 atom stereocenters. The molecule has 0 amide bonds. The number of likely N-dealkylation sites (tertiary alicyclic amines) is 1. The molecule has 2 N–H and O–H groups in total. The molecular formula is C35H47FN4O2. The maximum Gasteiger partial charge on any atom is 0.320 e. The lowest BCUT2D eigenvalue weighted by molar-refractivity contribution is -0.140. The van der Waals surface area contributed by atoms with Crippen LogP contribution in [-0.2, 0) is 17.8 Å². The Balaban J connectivity index is 1.23. The van der Waals surface area contributed by atoms with Crippen LogP contribution in [0.1, 0.15) is 87.2 Å². The third-order valence-corrected chi connectivity index (χ3v) is 9.30. The van der Waals surface area contributed by atoms with Gasteiger partial charge in [-0.2, -0.15) is 5.10 Å². The van der Waals surface area contributed by atoms with E-state index < -0.39 is 12.0 Å². The second kappa shape index (κ2) is 14.0. The topological polar surface area (TPSA) is 70.4 Å². The Morgan fingerprint density at radius 2 is 1.83 bits per heavy atom. The number of halogens is 1. The summed E-state index contributed by atoms with van der Waals surface area (Å²) in [6.07, 6.45) is 5.42. The molecule has 5 rings (SSSR count). The zero-order valence-electron chi connectivity index (χ0n) is 25.4. The zero-order valence-corrected chi connectivity index (χ0v) is 25.4. The molecule has 0 radical (unpaired) electrons. The molecule has 1 saturated carbocycles. The zero-order chi connectivity index (χ0) is 29.6. The van der Waals surface area contributed by atoms with E-state index in [0.717, 1.165) is 69.5 Å². The SMILES string of the molecule is CCn1nc(Cc2ccccc2)cc1C1CCN(CC2CC(N[C@H](CC(C)C)C(=O)O)CC2c2cccc(F)c2)CC1. The van der Waals surface area contributed by atoms with Crippen molar-refractivity contribution in [3.8, 4) is 0 Å². The van der Waals surface area contributed by atoms with Crippen molar-refractivity contribution in [1.82, 2.24) is 20.0 Å². The van der Waals surface area contributed by atoms with Crippen molar-refractivity contribution in [3.05, 3.63) is 89.0 Å². The highest BCUT2D eigenvalue weighted by atomic mass is 19.1. The van der Waals surface area contributed by atoms with Gasteiger partial charge < -0.3 is 15.3 Å². The van der Waals surface area contributed by atoms with Gasteiger partial charge >= 0.3 is 5.97 Å². The van der Waals surface area contributed by atoms with Crippen molar-refractivity contribution in [3.63, 3.8) is 0 Å². The molecule has 2 fully saturated rings. The van der Waals surface area contributed by atoms with E-state index in [1.54, 1.807) is 12.1 Å². The summed E-state index contributed by atoms with van der Waals surface area (Å²) in [5.74, 6) is 0.386. The fourth-order valence-electron chi connectivity index (χ4n) is 7.31. The quantitative estimate of drug-likeness (QED) is 0.260. The fraction of sp³-hybridized carbons (Fsp3) is 0.543. The number of piperidine rings is 1. The third-order valence-electron chi connectivity index (χ3n) is 9.30. The minimum atomic E-state index is -0.783. The van der Waals surface area contributed by atoms with E-state index in [-0.39, 0.29) is 17.8 Å². The van der Waals surface area contributed by atoms with E-state index in [1.165, 1.54) is 17.3 Å². The normalized spacial score (nSPS) is 22.5. The summed E-state index contributed by atoms with van der Waals surface area (Å²) >= 11 is 0. The molecule has 2 heterocycles. The van der Waals surface area contributed by atoms with E-state index in [9.17, 15) is 14.3 Å². The standard InChI is InChI=1S/C35H47FN4O2/c1-4-40-34(22-31(38-40)18-25-9-6-5-7-10-25)26-13-15-39(16-14-26)23-28-20-30(37-33(35(41)42)17-24(2)3)21-32(28)27-11-8-12-29(36)19-27/h5-12,19,22,24,26,28,30,32-33,37H,4,13-18,20-21,23H2,1-3H3,(H,41,42)/t28?,30?,32?,33-/m1/s1. The van der Waals surface area contributed by atoms with Crippen LogP contribution in [0.2, 0.25) is 0 Å². The summed E-state index contributed by atoms with van der Waals surface area (Å²) in [5, 5.41) is 18.2. The molecule has 226 valence electrons. The lowest BCUT2D eigenvalue weighted by Gasteiger charge is -2.35. The smallest absolute Gasteiger partial charge is 0.320 e. The largest absolute Gasteiger partial charge is 0.480 e. The Morgan fingerprint density at radius 3 is 2.50 bits per heavy atom. The maximum absolute atomic E-state index is 14.2. The molecule has 6 nitrogen and oxygen atoms in total. The van der Waals surface area contributed by atoms with Crippen LogP contribution in [0.15, 0.2) is 60.7 Å². The van der Waals surface area contributed by atoms with Crippen LogP contribution >= 0.6 is 0 Å². The molecule has 3 aromatic rings. The summed E-state index contributed by atoms with van der Waals surface area (Å²) in [6.45, 7) is 10.2. The number of aliphatic carboxylic acids is 1. The van der Waals surface area contributed by atoms with Crippen LogP contribution < -0.4 is 5.32 Å². The van der Waals surface area contributed by atoms with Crippen molar-refractivity contribution in [1.29, 1.82) is 0 Å². The second-order valence-corrected chi connectivity index (χ2v) is 12.9. The summed E-state index contributed by atoms with van der Waals surface area (Å²) < 4.78 is 16.4. The van der Waals surface area contributed by atoms with E-state index in [0.29, 0.717) is 24.2 Å². The number of nitrogens with zero attached hydrogens (tertiary/aromatic N) is 3. The van der Waals surface area contributed by atoms with Gasteiger partial charge in [0.25, 0.3) is 0 Å². The van der Waals surface area contributed by atoms with Crippen LogP contribution in [0.5, 0.6) is 0 Å². The highest BCUT2D eigenvalue weighted by Crippen LogP contribution is 2.41. The first-order valence-corrected chi connectivity index (χ1v) is 15.9. The number of benzene rings is 2. The predicted molar refractivity (Wildman–Crippen MR) is 165 cm³/mol. The predicted octanol–water partition coefficient (Wildman–Crippen LogP) is 6.46. The Morgan fingerprint density at radius 1 is 1.07 bits per heavy atom. The molecule has 42 heavy (non-hydrogen) atoms. The van der Waals surface area contributed by atoms with Gasteiger partial charge in [0.05, 0.1) is 5.69 Å². The first-order valence-electron chi connectivity index (χ1n) is 15.9. The molecule has 0 spiro atoms. The number of rotatable bonds is 12. The molecule has 2 aromatic carbocycles. The number of carboxylic acid groups (broad SMARTS) is 1. The third kappa shape index (κ3) is 7.67. The summed E-state index contributed by atoms with van der Waals surface area (Å²) in [4.78, 5) is 14.6. The first kappa shape index (κ1) is 30.4. The molecule has 1 aliphatic carbocycles. The first-order chi connectivity index (χ1) is 20.3. The Kier molecular flexibility index (Phi) is 10.1. The van der Waals surface area contributed by atoms with E-state index in [1.807, 2.05) is 6.07 Å². The van der Waals surface area contributed by atoms with Gasteiger partial charge in [0, 0.05) is 37.2 Å².